The molecule has 0 saturated carbocycles. The Morgan fingerprint density at radius 3 is 2.32 bits per heavy atom. The van der Waals surface area contributed by atoms with E-state index in [0.29, 0.717) is 0 Å². The largest absolute Gasteiger partial charge is 0.369 e. The predicted molar refractivity (Wildman–Crippen MR) is 82.0 cm³/mol. The number of piperazine rings is 1. The molecule has 4 heteroatoms. The van der Waals surface area contributed by atoms with Crippen molar-refractivity contribution in [2.45, 2.75) is 0 Å². The van der Waals surface area contributed by atoms with Crippen LogP contribution in [0, 0.1) is 0 Å². The monoisotopic (exact) mass is 275 g/mol. The zero-order chi connectivity index (χ0) is 12.2. The second kappa shape index (κ2) is 6.55. The molecular weight excluding hydrogens is 258 g/mol. The topological polar surface area (TPSA) is 28.2 Å². The minimum absolute atomic E-state index is 0. The molecule has 2 heterocycles. The van der Waals surface area contributed by atoms with Crippen LogP contribution in [0.2, 0.25) is 0 Å². The molecule has 0 bridgehead atoms. The van der Waals surface area contributed by atoms with E-state index < -0.39 is 0 Å². The normalized spacial score (nSPS) is 14.8. The van der Waals surface area contributed by atoms with Gasteiger partial charge in [-0.1, -0.05) is 18.2 Å². The summed E-state index contributed by atoms with van der Waals surface area (Å²) in [7, 11) is 0. The lowest BCUT2D eigenvalue weighted by Crippen LogP contribution is -2.43. The van der Waals surface area contributed by atoms with Gasteiger partial charge >= 0.3 is 0 Å². The highest BCUT2D eigenvalue weighted by Gasteiger charge is 2.09. The van der Waals surface area contributed by atoms with Crippen molar-refractivity contribution in [3.63, 3.8) is 0 Å². The Morgan fingerprint density at radius 1 is 0.947 bits per heavy atom. The summed E-state index contributed by atoms with van der Waals surface area (Å²) in [6.07, 6.45) is 3.71. The Bertz CT molecular complexity index is 493. The fourth-order valence-electron chi connectivity index (χ4n) is 2.32. The SMILES string of the molecule is Cl.c1cncc(-c2ccc(N3CCNCC3)cc2)c1. The first kappa shape index (κ1) is 13.8. The number of rotatable bonds is 2. The van der Waals surface area contributed by atoms with Crippen LogP contribution in [0.15, 0.2) is 48.8 Å². The van der Waals surface area contributed by atoms with E-state index >= 15 is 0 Å². The molecule has 1 fully saturated rings. The molecule has 19 heavy (non-hydrogen) atoms. The van der Waals surface area contributed by atoms with Crippen molar-refractivity contribution in [1.29, 1.82) is 0 Å². The average molecular weight is 276 g/mol. The van der Waals surface area contributed by atoms with Crippen LogP contribution < -0.4 is 10.2 Å². The van der Waals surface area contributed by atoms with E-state index in [1.165, 1.54) is 16.8 Å². The van der Waals surface area contributed by atoms with Gasteiger partial charge < -0.3 is 10.2 Å². The van der Waals surface area contributed by atoms with Gasteiger partial charge in [0.05, 0.1) is 0 Å². The summed E-state index contributed by atoms with van der Waals surface area (Å²) < 4.78 is 0. The number of nitrogens with zero attached hydrogens (tertiary/aromatic N) is 2. The number of hydrogen-bond donors (Lipinski definition) is 1. The molecule has 100 valence electrons. The van der Waals surface area contributed by atoms with Gasteiger partial charge in [0.15, 0.2) is 0 Å². The molecule has 0 unspecified atom stereocenters. The lowest BCUT2D eigenvalue weighted by Gasteiger charge is -2.29. The van der Waals surface area contributed by atoms with Gasteiger partial charge in [0, 0.05) is 44.3 Å². The van der Waals surface area contributed by atoms with E-state index in [2.05, 4.69) is 45.5 Å². The third kappa shape index (κ3) is 3.25. The Hall–Kier alpha value is -1.58. The molecule has 3 nitrogen and oxygen atoms in total. The standard InChI is InChI=1S/C15H17N3.ClH/c1-2-14(12-17-7-1)13-3-5-15(6-4-13)18-10-8-16-9-11-18;/h1-7,12,16H,8-11H2;1H. The lowest BCUT2D eigenvalue weighted by molar-refractivity contribution is 0.589. The number of anilines is 1. The molecule has 3 rings (SSSR count). The van der Waals surface area contributed by atoms with Crippen LogP contribution in [-0.4, -0.2) is 31.2 Å². The predicted octanol–water partition coefficient (Wildman–Crippen LogP) is 2.58. The summed E-state index contributed by atoms with van der Waals surface area (Å²) >= 11 is 0. The number of halogens is 1. The summed E-state index contributed by atoms with van der Waals surface area (Å²) in [6.45, 7) is 4.33. The molecular formula is C15H18ClN3. The molecule has 0 radical (unpaired) electrons. The highest BCUT2D eigenvalue weighted by molar-refractivity contribution is 5.85. The molecule has 1 aliphatic heterocycles. The Morgan fingerprint density at radius 2 is 1.68 bits per heavy atom. The molecule has 1 aromatic heterocycles. The zero-order valence-electron chi connectivity index (χ0n) is 10.7. The number of hydrogen-bond acceptors (Lipinski definition) is 3. The molecule has 0 amide bonds. The van der Waals surface area contributed by atoms with Gasteiger partial charge in [0.25, 0.3) is 0 Å². The van der Waals surface area contributed by atoms with Gasteiger partial charge in [-0.05, 0) is 29.3 Å². The smallest absolute Gasteiger partial charge is 0.0367 e. The van der Waals surface area contributed by atoms with Gasteiger partial charge in [-0.15, -0.1) is 12.4 Å². The Kier molecular flexibility index (Phi) is 4.77. The van der Waals surface area contributed by atoms with Crippen LogP contribution in [0.1, 0.15) is 0 Å². The van der Waals surface area contributed by atoms with Gasteiger partial charge in [0.2, 0.25) is 0 Å². The van der Waals surface area contributed by atoms with Crippen molar-refractivity contribution >= 4 is 18.1 Å². The maximum absolute atomic E-state index is 4.15. The summed E-state index contributed by atoms with van der Waals surface area (Å²) in [5.41, 5.74) is 3.70. The van der Waals surface area contributed by atoms with E-state index in [9.17, 15) is 0 Å². The fraction of sp³-hybridized carbons (Fsp3) is 0.267. The molecule has 0 atom stereocenters. The van der Waals surface area contributed by atoms with Gasteiger partial charge in [-0.25, -0.2) is 0 Å². The minimum atomic E-state index is 0. The first-order chi connectivity index (χ1) is 8.93. The van der Waals surface area contributed by atoms with Crippen molar-refractivity contribution in [1.82, 2.24) is 10.3 Å². The van der Waals surface area contributed by atoms with Crippen molar-refractivity contribution in [2.24, 2.45) is 0 Å². The van der Waals surface area contributed by atoms with Crippen LogP contribution in [0.5, 0.6) is 0 Å². The van der Waals surface area contributed by atoms with Gasteiger partial charge in [0.1, 0.15) is 0 Å². The van der Waals surface area contributed by atoms with Crippen molar-refractivity contribution in [3.8, 4) is 11.1 Å². The minimum Gasteiger partial charge on any atom is -0.369 e. The average Bonchev–Trinajstić information content (AvgIpc) is 2.49. The second-order valence-electron chi connectivity index (χ2n) is 4.53. The summed E-state index contributed by atoms with van der Waals surface area (Å²) in [5, 5.41) is 3.37. The third-order valence-corrected chi connectivity index (χ3v) is 3.34. The second-order valence-corrected chi connectivity index (χ2v) is 4.53. The molecule has 0 aliphatic carbocycles. The summed E-state index contributed by atoms with van der Waals surface area (Å²) in [6, 6.07) is 12.8. The van der Waals surface area contributed by atoms with Crippen molar-refractivity contribution < 1.29 is 0 Å². The molecule has 1 saturated heterocycles. The highest BCUT2D eigenvalue weighted by atomic mass is 35.5. The first-order valence-electron chi connectivity index (χ1n) is 6.39. The number of pyridine rings is 1. The third-order valence-electron chi connectivity index (χ3n) is 3.34. The molecule has 2 aromatic rings. The maximum Gasteiger partial charge on any atom is 0.0367 e. The van der Waals surface area contributed by atoms with E-state index in [0.717, 1.165) is 26.2 Å². The quantitative estimate of drug-likeness (QED) is 0.913. The van der Waals surface area contributed by atoms with Crippen LogP contribution in [0.4, 0.5) is 5.69 Å². The molecule has 0 spiro atoms. The number of aromatic nitrogens is 1. The number of benzene rings is 1. The maximum atomic E-state index is 4.15. The zero-order valence-corrected chi connectivity index (χ0v) is 11.6. The summed E-state index contributed by atoms with van der Waals surface area (Å²) in [5.74, 6) is 0. The molecule has 1 aromatic carbocycles. The first-order valence-corrected chi connectivity index (χ1v) is 6.39. The summed E-state index contributed by atoms with van der Waals surface area (Å²) in [4.78, 5) is 6.57. The van der Waals surface area contributed by atoms with Crippen LogP contribution >= 0.6 is 12.4 Å². The highest BCUT2D eigenvalue weighted by Crippen LogP contribution is 2.22. The van der Waals surface area contributed by atoms with Crippen LogP contribution in [0.25, 0.3) is 11.1 Å². The van der Waals surface area contributed by atoms with Crippen LogP contribution in [-0.2, 0) is 0 Å². The van der Waals surface area contributed by atoms with E-state index in [4.69, 9.17) is 0 Å². The molecule has 1 N–H and O–H groups in total. The fourth-order valence-corrected chi connectivity index (χ4v) is 2.32. The number of nitrogens with one attached hydrogen (secondary N) is 1. The van der Waals surface area contributed by atoms with Crippen molar-refractivity contribution in [3.05, 3.63) is 48.8 Å². The van der Waals surface area contributed by atoms with Crippen LogP contribution in [0.3, 0.4) is 0 Å². The Balaban J connectivity index is 0.00000133. The lowest BCUT2D eigenvalue weighted by atomic mass is 10.1. The molecule has 1 aliphatic rings. The van der Waals surface area contributed by atoms with E-state index in [1.54, 1.807) is 6.20 Å². The van der Waals surface area contributed by atoms with Gasteiger partial charge in [-0.2, -0.15) is 0 Å². The Labute approximate surface area is 120 Å². The van der Waals surface area contributed by atoms with E-state index in [-0.39, 0.29) is 12.4 Å². The van der Waals surface area contributed by atoms with Crippen molar-refractivity contribution in [2.75, 3.05) is 31.1 Å². The van der Waals surface area contributed by atoms with E-state index in [1.807, 2.05) is 12.3 Å². The van der Waals surface area contributed by atoms with Gasteiger partial charge in [-0.3, -0.25) is 4.98 Å².